The van der Waals surface area contributed by atoms with Crippen LogP contribution in [0.25, 0.3) is 0 Å². The second-order valence-electron chi connectivity index (χ2n) is 5.23. The predicted molar refractivity (Wildman–Crippen MR) is 63.3 cm³/mol. The van der Waals surface area contributed by atoms with Gasteiger partial charge in [0.1, 0.15) is 11.7 Å². The highest BCUT2D eigenvalue weighted by Gasteiger charge is 2.34. The first-order chi connectivity index (χ1) is 7.07. The van der Waals surface area contributed by atoms with E-state index < -0.39 is 11.9 Å². The first-order valence-electron chi connectivity index (χ1n) is 5.29. The average Bonchev–Trinajstić information content (AvgIpc) is 2.10. The van der Waals surface area contributed by atoms with Crippen molar-refractivity contribution in [2.24, 2.45) is 11.8 Å². The van der Waals surface area contributed by atoms with Crippen LogP contribution in [-0.4, -0.2) is 48.0 Å². The number of ketones is 1. The predicted octanol–water partition coefficient (Wildman–Crippen LogP) is 1.57. The Balaban J connectivity index is 4.72. The summed E-state index contributed by atoms with van der Waals surface area (Å²) in [5, 5.41) is 9.02. The van der Waals surface area contributed by atoms with Crippen LogP contribution >= 0.6 is 11.6 Å². The van der Waals surface area contributed by atoms with Crippen molar-refractivity contribution >= 4 is 23.4 Å². The van der Waals surface area contributed by atoms with Crippen LogP contribution in [0.1, 0.15) is 20.3 Å². The number of halogens is 1. The largest absolute Gasteiger partial charge is 0.481 e. The van der Waals surface area contributed by atoms with Crippen LogP contribution in [-0.2, 0) is 9.59 Å². The highest BCUT2D eigenvalue weighted by molar-refractivity contribution is 6.20. The molecule has 0 aliphatic carbocycles. The number of quaternary nitrogens is 1. The summed E-state index contributed by atoms with van der Waals surface area (Å²) >= 11 is 6.10. The number of rotatable bonds is 6. The number of carboxylic acid groups (broad SMARTS) is 1. The van der Waals surface area contributed by atoms with Gasteiger partial charge in [-0.05, 0) is 0 Å². The third-order valence-electron chi connectivity index (χ3n) is 2.48. The molecule has 16 heavy (non-hydrogen) atoms. The summed E-state index contributed by atoms with van der Waals surface area (Å²) in [5.41, 5.74) is -0.385. The lowest BCUT2D eigenvalue weighted by atomic mass is 9.92. The third-order valence-corrected chi connectivity index (χ3v) is 3.24. The number of Topliss-reactive ketones (excluding diaryl/α,β-unsaturated/α-hetero) is 1. The number of hydrogen-bond donors (Lipinski definition) is 1. The van der Waals surface area contributed by atoms with Crippen LogP contribution in [0.4, 0.5) is 0 Å². The lowest BCUT2D eigenvalue weighted by Crippen LogP contribution is -2.44. The molecule has 4 nitrogen and oxygen atoms in total. The quantitative estimate of drug-likeness (QED) is 0.337. The maximum absolute atomic E-state index is 11.7. The number of nitrogens with zero attached hydrogens (tertiary/aromatic N) is 1. The molecular weight excluding hydrogens is 230 g/mol. The summed E-state index contributed by atoms with van der Waals surface area (Å²) in [6, 6.07) is 0. The van der Waals surface area contributed by atoms with Gasteiger partial charge in [0.25, 0.3) is 0 Å². The highest BCUT2D eigenvalue weighted by Crippen LogP contribution is 2.21. The normalized spacial score (nSPS) is 15.9. The summed E-state index contributed by atoms with van der Waals surface area (Å²) in [7, 11) is 5.61. The van der Waals surface area contributed by atoms with E-state index in [2.05, 4.69) is 0 Å². The van der Waals surface area contributed by atoms with Gasteiger partial charge in [-0.15, -0.1) is 0 Å². The molecule has 0 radical (unpaired) electrons. The minimum atomic E-state index is -1.09. The molecule has 94 valence electrons. The van der Waals surface area contributed by atoms with Crippen molar-refractivity contribution in [1.82, 2.24) is 0 Å². The Morgan fingerprint density at radius 1 is 1.25 bits per heavy atom. The second-order valence-corrected chi connectivity index (χ2v) is 5.74. The van der Waals surface area contributed by atoms with Gasteiger partial charge in [0.05, 0.1) is 21.1 Å². The van der Waals surface area contributed by atoms with Crippen LogP contribution in [0.5, 0.6) is 0 Å². The van der Waals surface area contributed by atoms with E-state index in [4.69, 9.17) is 16.7 Å². The molecule has 0 saturated carbocycles. The number of hydrogen-bond acceptors (Lipinski definition) is 2. The Bertz CT molecular complexity index is 271. The zero-order chi connectivity index (χ0) is 13.1. The van der Waals surface area contributed by atoms with Gasteiger partial charge in [-0.3, -0.25) is 9.59 Å². The summed E-state index contributed by atoms with van der Waals surface area (Å²) in [4.78, 5) is 22.7. The molecule has 5 heteroatoms. The Morgan fingerprint density at radius 3 is 1.94 bits per heavy atom. The van der Waals surface area contributed by atoms with Gasteiger partial charge in [0.15, 0.2) is 5.50 Å². The standard InChI is InChI=1S/C11H20ClNO3/c1-7(2)10(14)8(11(15)16)6-9(12)13(3,4)5/h7-9H,6H2,1-5H3/p+1/t8-,9-/m0/s1. The van der Waals surface area contributed by atoms with Gasteiger partial charge < -0.3 is 9.59 Å². The highest BCUT2D eigenvalue weighted by atomic mass is 35.5. The molecule has 2 atom stereocenters. The van der Waals surface area contributed by atoms with E-state index in [0.717, 1.165) is 0 Å². The minimum absolute atomic E-state index is 0.164. The van der Waals surface area contributed by atoms with Gasteiger partial charge in [0, 0.05) is 12.3 Å². The topological polar surface area (TPSA) is 54.4 Å². The molecule has 0 aliphatic heterocycles. The Morgan fingerprint density at radius 2 is 1.69 bits per heavy atom. The molecule has 0 bridgehead atoms. The molecule has 0 unspecified atom stereocenters. The lowest BCUT2D eigenvalue weighted by Gasteiger charge is -2.31. The molecule has 0 heterocycles. The number of aliphatic carboxylic acids is 1. The van der Waals surface area contributed by atoms with Gasteiger partial charge in [-0.1, -0.05) is 25.4 Å². The number of alkyl halides is 1. The molecule has 0 aromatic heterocycles. The van der Waals surface area contributed by atoms with Gasteiger partial charge in [-0.25, -0.2) is 0 Å². The van der Waals surface area contributed by atoms with Crippen LogP contribution < -0.4 is 0 Å². The van der Waals surface area contributed by atoms with Gasteiger partial charge >= 0.3 is 5.97 Å². The molecule has 0 aromatic rings. The number of carbonyl (C=O) groups is 2. The Labute approximate surface area is 102 Å². The molecular formula is C11H21ClNO3+. The van der Waals surface area contributed by atoms with Crippen molar-refractivity contribution in [3.8, 4) is 0 Å². The van der Waals surface area contributed by atoms with Crippen molar-refractivity contribution in [3.63, 3.8) is 0 Å². The molecule has 0 aromatic carbocycles. The summed E-state index contributed by atoms with van der Waals surface area (Å²) in [6.45, 7) is 3.40. The van der Waals surface area contributed by atoms with Crippen LogP contribution in [0, 0.1) is 11.8 Å². The van der Waals surface area contributed by atoms with Crippen molar-refractivity contribution < 1.29 is 19.2 Å². The summed E-state index contributed by atoms with van der Waals surface area (Å²) < 4.78 is 0.427. The Kier molecular flexibility index (Phi) is 5.42. The number of carboxylic acids is 1. The average molecular weight is 251 g/mol. The molecule has 0 saturated heterocycles. The molecule has 0 rings (SSSR count). The Hall–Kier alpha value is -0.610. The van der Waals surface area contributed by atoms with Crippen LogP contribution in [0.3, 0.4) is 0 Å². The second kappa shape index (κ2) is 5.64. The maximum atomic E-state index is 11.7. The lowest BCUT2D eigenvalue weighted by molar-refractivity contribution is -0.883. The fourth-order valence-electron chi connectivity index (χ4n) is 1.25. The fourth-order valence-corrected chi connectivity index (χ4v) is 1.43. The molecule has 0 amide bonds. The summed E-state index contributed by atoms with van der Waals surface area (Å²) in [6.07, 6.45) is 0.164. The van der Waals surface area contributed by atoms with E-state index in [1.807, 2.05) is 21.1 Å². The van der Waals surface area contributed by atoms with Crippen molar-refractivity contribution in [1.29, 1.82) is 0 Å². The number of carbonyl (C=O) groups excluding carboxylic acids is 1. The van der Waals surface area contributed by atoms with Crippen molar-refractivity contribution in [3.05, 3.63) is 0 Å². The monoisotopic (exact) mass is 250 g/mol. The van der Waals surface area contributed by atoms with Crippen molar-refractivity contribution in [2.75, 3.05) is 21.1 Å². The molecule has 0 aliphatic rings. The van der Waals surface area contributed by atoms with E-state index >= 15 is 0 Å². The molecule has 0 fully saturated rings. The van der Waals surface area contributed by atoms with E-state index in [1.54, 1.807) is 13.8 Å². The smallest absolute Gasteiger partial charge is 0.314 e. The van der Waals surface area contributed by atoms with E-state index in [1.165, 1.54) is 0 Å². The minimum Gasteiger partial charge on any atom is -0.481 e. The van der Waals surface area contributed by atoms with Crippen LogP contribution in [0.15, 0.2) is 0 Å². The fraction of sp³-hybridized carbons (Fsp3) is 0.818. The zero-order valence-electron chi connectivity index (χ0n) is 10.5. The van der Waals surface area contributed by atoms with E-state index in [0.29, 0.717) is 4.48 Å². The van der Waals surface area contributed by atoms with Crippen LogP contribution in [0.2, 0.25) is 0 Å². The summed E-state index contributed by atoms with van der Waals surface area (Å²) in [5.74, 6) is -2.62. The zero-order valence-corrected chi connectivity index (χ0v) is 11.3. The van der Waals surface area contributed by atoms with Crippen molar-refractivity contribution in [2.45, 2.75) is 25.8 Å². The van der Waals surface area contributed by atoms with Gasteiger partial charge in [0.2, 0.25) is 0 Å². The van der Waals surface area contributed by atoms with E-state index in [-0.39, 0.29) is 23.6 Å². The first-order valence-corrected chi connectivity index (χ1v) is 5.72. The maximum Gasteiger partial charge on any atom is 0.314 e. The molecule has 1 N–H and O–H groups in total. The SMILES string of the molecule is CC(C)C(=O)[C@H](C[C@@H](Cl)[N+](C)(C)C)C(=O)O. The third kappa shape index (κ3) is 4.49. The van der Waals surface area contributed by atoms with Gasteiger partial charge in [-0.2, -0.15) is 0 Å². The molecule has 0 spiro atoms. The first kappa shape index (κ1) is 15.4. The van der Waals surface area contributed by atoms with E-state index in [9.17, 15) is 9.59 Å².